The molecule has 1 saturated heterocycles. The van der Waals surface area contributed by atoms with E-state index >= 15 is 0 Å². The van der Waals surface area contributed by atoms with E-state index in [1.54, 1.807) is 6.20 Å². The number of hydrogen-bond donors (Lipinski definition) is 1. The number of pyridine rings is 1. The number of nitrogens with zero attached hydrogens (tertiary/aromatic N) is 2. The Hall–Kier alpha value is -1.42. The van der Waals surface area contributed by atoms with Gasteiger partial charge in [0.1, 0.15) is 5.69 Å². The lowest BCUT2D eigenvalue weighted by atomic mass is 10.2. The minimum atomic E-state index is 0.104. The Morgan fingerprint density at radius 2 is 2.19 bits per heavy atom. The van der Waals surface area contributed by atoms with E-state index in [0.29, 0.717) is 12.1 Å². The summed E-state index contributed by atoms with van der Waals surface area (Å²) in [7, 11) is 0. The summed E-state index contributed by atoms with van der Waals surface area (Å²) in [5, 5.41) is 3.31. The van der Waals surface area contributed by atoms with Gasteiger partial charge in [0.2, 0.25) is 0 Å². The van der Waals surface area contributed by atoms with Crippen molar-refractivity contribution in [3.8, 4) is 0 Å². The van der Waals surface area contributed by atoms with Gasteiger partial charge in [0.05, 0.1) is 11.9 Å². The smallest absolute Gasteiger partial charge is 0.180 e. The maximum atomic E-state index is 11.4. The lowest BCUT2D eigenvalue weighted by Crippen LogP contribution is -2.43. The van der Waals surface area contributed by atoms with E-state index < -0.39 is 0 Å². The summed E-state index contributed by atoms with van der Waals surface area (Å²) in [5.74, 6) is 0.104. The molecule has 0 radical (unpaired) electrons. The third kappa shape index (κ3) is 2.39. The van der Waals surface area contributed by atoms with Crippen molar-refractivity contribution in [2.24, 2.45) is 0 Å². The number of hydrogen-bond acceptors (Lipinski definition) is 4. The molecule has 2 heterocycles. The molecule has 0 amide bonds. The average Bonchev–Trinajstić information content (AvgIpc) is 2.39. The summed E-state index contributed by atoms with van der Waals surface area (Å²) < 4.78 is 0. The van der Waals surface area contributed by atoms with Crippen molar-refractivity contribution in [2.75, 3.05) is 31.1 Å². The van der Waals surface area contributed by atoms with Crippen molar-refractivity contribution < 1.29 is 4.79 Å². The molecule has 0 atom stereocenters. The number of rotatable bonds is 3. The molecular weight excluding hydrogens is 202 g/mol. The number of carbonyl (C=O) groups excluding carboxylic acids is 1. The molecule has 1 aromatic heterocycles. The zero-order chi connectivity index (χ0) is 11.4. The molecule has 2 rings (SSSR count). The molecule has 1 aliphatic heterocycles. The van der Waals surface area contributed by atoms with E-state index in [1.165, 1.54) is 0 Å². The second kappa shape index (κ2) is 5.07. The Morgan fingerprint density at radius 1 is 1.44 bits per heavy atom. The van der Waals surface area contributed by atoms with Crippen LogP contribution in [0.25, 0.3) is 0 Å². The number of Topliss-reactive ketones (excluding diaryl/α,β-unsaturated/α-hetero) is 1. The molecular formula is C12H17N3O. The van der Waals surface area contributed by atoms with Gasteiger partial charge in [0.25, 0.3) is 0 Å². The van der Waals surface area contributed by atoms with Gasteiger partial charge in [-0.15, -0.1) is 0 Å². The molecule has 1 aromatic rings. The first-order valence-corrected chi connectivity index (χ1v) is 5.76. The van der Waals surface area contributed by atoms with Crippen LogP contribution >= 0.6 is 0 Å². The summed E-state index contributed by atoms with van der Waals surface area (Å²) in [6.07, 6.45) is 2.31. The topological polar surface area (TPSA) is 45.2 Å². The molecule has 0 spiro atoms. The van der Waals surface area contributed by atoms with E-state index in [0.717, 1.165) is 31.9 Å². The molecule has 0 unspecified atom stereocenters. The van der Waals surface area contributed by atoms with Crippen LogP contribution in [0.3, 0.4) is 0 Å². The Balaban J connectivity index is 2.09. The largest absolute Gasteiger partial charge is 0.368 e. The van der Waals surface area contributed by atoms with Gasteiger partial charge in [-0.3, -0.25) is 9.78 Å². The third-order valence-corrected chi connectivity index (χ3v) is 2.84. The van der Waals surface area contributed by atoms with Gasteiger partial charge in [-0.25, -0.2) is 0 Å². The predicted molar refractivity (Wildman–Crippen MR) is 63.9 cm³/mol. The maximum Gasteiger partial charge on any atom is 0.180 e. The molecule has 16 heavy (non-hydrogen) atoms. The summed E-state index contributed by atoms with van der Waals surface area (Å²) in [6.45, 7) is 5.88. The van der Waals surface area contributed by atoms with E-state index in [-0.39, 0.29) is 5.78 Å². The third-order valence-electron chi connectivity index (χ3n) is 2.84. The molecule has 4 heteroatoms. The highest BCUT2D eigenvalue weighted by molar-refractivity contribution is 5.94. The zero-order valence-electron chi connectivity index (χ0n) is 9.57. The normalized spacial score (nSPS) is 16.2. The number of carbonyl (C=O) groups is 1. The summed E-state index contributed by atoms with van der Waals surface area (Å²) in [5.41, 5.74) is 1.68. The molecule has 86 valence electrons. The standard InChI is InChI=1S/C12H17N3O/c1-2-12(16)11-4-3-10(9-14-11)15-7-5-13-6-8-15/h3-4,9,13H,2,5-8H2,1H3. The molecule has 4 nitrogen and oxygen atoms in total. The monoisotopic (exact) mass is 219 g/mol. The van der Waals surface area contributed by atoms with Crippen LogP contribution in [0.15, 0.2) is 18.3 Å². The molecule has 0 bridgehead atoms. The van der Waals surface area contributed by atoms with Crippen LogP contribution < -0.4 is 10.2 Å². The molecule has 1 aliphatic rings. The van der Waals surface area contributed by atoms with Gasteiger partial charge < -0.3 is 10.2 Å². The first-order chi connectivity index (χ1) is 7.81. The second-order valence-corrected chi connectivity index (χ2v) is 3.92. The highest BCUT2D eigenvalue weighted by Crippen LogP contribution is 2.14. The van der Waals surface area contributed by atoms with Gasteiger partial charge >= 0.3 is 0 Å². The van der Waals surface area contributed by atoms with Crippen molar-refractivity contribution >= 4 is 11.5 Å². The van der Waals surface area contributed by atoms with Crippen molar-refractivity contribution in [1.82, 2.24) is 10.3 Å². The Morgan fingerprint density at radius 3 is 2.75 bits per heavy atom. The number of ketones is 1. The van der Waals surface area contributed by atoms with Crippen LogP contribution in [0.5, 0.6) is 0 Å². The van der Waals surface area contributed by atoms with Gasteiger partial charge in [0, 0.05) is 32.6 Å². The number of aromatic nitrogens is 1. The van der Waals surface area contributed by atoms with Crippen LogP contribution in [0.4, 0.5) is 5.69 Å². The van der Waals surface area contributed by atoms with Crippen LogP contribution in [0.2, 0.25) is 0 Å². The fraction of sp³-hybridized carbons (Fsp3) is 0.500. The van der Waals surface area contributed by atoms with Gasteiger partial charge in [-0.05, 0) is 12.1 Å². The van der Waals surface area contributed by atoms with Crippen molar-refractivity contribution in [3.05, 3.63) is 24.0 Å². The Kier molecular flexibility index (Phi) is 3.51. The van der Waals surface area contributed by atoms with Gasteiger partial charge in [0.15, 0.2) is 5.78 Å². The van der Waals surface area contributed by atoms with Crippen molar-refractivity contribution in [1.29, 1.82) is 0 Å². The fourth-order valence-electron chi connectivity index (χ4n) is 1.84. The fourth-order valence-corrected chi connectivity index (χ4v) is 1.84. The predicted octanol–water partition coefficient (Wildman–Crippen LogP) is 1.08. The number of anilines is 1. The Bertz CT molecular complexity index is 355. The molecule has 1 N–H and O–H groups in total. The van der Waals surface area contributed by atoms with Gasteiger partial charge in [-0.1, -0.05) is 6.92 Å². The molecule has 1 fully saturated rings. The van der Waals surface area contributed by atoms with E-state index in [9.17, 15) is 4.79 Å². The van der Waals surface area contributed by atoms with Crippen LogP contribution in [0.1, 0.15) is 23.8 Å². The van der Waals surface area contributed by atoms with E-state index in [4.69, 9.17) is 0 Å². The highest BCUT2D eigenvalue weighted by Gasteiger charge is 2.11. The first kappa shape index (κ1) is 11.1. The molecule has 0 aliphatic carbocycles. The second-order valence-electron chi connectivity index (χ2n) is 3.92. The number of nitrogens with one attached hydrogen (secondary N) is 1. The van der Waals surface area contributed by atoms with Crippen LogP contribution in [0, 0.1) is 0 Å². The Labute approximate surface area is 95.7 Å². The molecule has 0 saturated carbocycles. The SMILES string of the molecule is CCC(=O)c1ccc(N2CCNCC2)cn1. The van der Waals surface area contributed by atoms with E-state index in [2.05, 4.69) is 15.2 Å². The maximum absolute atomic E-state index is 11.4. The lowest BCUT2D eigenvalue weighted by Gasteiger charge is -2.29. The lowest BCUT2D eigenvalue weighted by molar-refractivity contribution is 0.0983. The van der Waals surface area contributed by atoms with Crippen LogP contribution in [-0.4, -0.2) is 36.9 Å². The summed E-state index contributed by atoms with van der Waals surface area (Å²) in [6, 6.07) is 3.81. The minimum absolute atomic E-state index is 0.104. The van der Waals surface area contributed by atoms with Crippen molar-refractivity contribution in [3.63, 3.8) is 0 Å². The molecule has 0 aromatic carbocycles. The van der Waals surface area contributed by atoms with Gasteiger partial charge in [-0.2, -0.15) is 0 Å². The zero-order valence-corrected chi connectivity index (χ0v) is 9.57. The van der Waals surface area contributed by atoms with Crippen molar-refractivity contribution in [2.45, 2.75) is 13.3 Å². The summed E-state index contributed by atoms with van der Waals surface area (Å²) in [4.78, 5) is 17.9. The first-order valence-electron chi connectivity index (χ1n) is 5.76. The highest BCUT2D eigenvalue weighted by atomic mass is 16.1. The minimum Gasteiger partial charge on any atom is -0.368 e. The average molecular weight is 219 g/mol. The quantitative estimate of drug-likeness (QED) is 0.773. The summed E-state index contributed by atoms with van der Waals surface area (Å²) >= 11 is 0. The number of piperazine rings is 1. The van der Waals surface area contributed by atoms with Crippen LogP contribution in [-0.2, 0) is 0 Å². The van der Waals surface area contributed by atoms with E-state index in [1.807, 2.05) is 19.1 Å².